The van der Waals surface area contributed by atoms with Gasteiger partial charge in [-0.15, -0.1) is 0 Å². The second-order valence-electron chi connectivity index (χ2n) is 6.09. The van der Waals surface area contributed by atoms with Crippen LogP contribution in [0.3, 0.4) is 0 Å². The number of ether oxygens (including phenoxy) is 6. The van der Waals surface area contributed by atoms with Gasteiger partial charge in [-0.05, 0) is 6.92 Å². The highest BCUT2D eigenvalue weighted by molar-refractivity contribution is 5.94. The van der Waals surface area contributed by atoms with Gasteiger partial charge >= 0.3 is 23.9 Å². The number of Topliss-reactive ketones (excluding diaryl/α,β-unsaturated/α-hetero) is 1. The monoisotopic (exact) mass is 420 g/mol. The fourth-order valence-electron chi connectivity index (χ4n) is 1.83. The van der Waals surface area contributed by atoms with Gasteiger partial charge in [0, 0.05) is 21.1 Å². The quantitative estimate of drug-likeness (QED) is 0.198. The van der Waals surface area contributed by atoms with Crippen LogP contribution in [0.5, 0.6) is 0 Å². The fourth-order valence-corrected chi connectivity index (χ4v) is 1.83. The standard InChI is InChI=1S/C18H28O11/c1-12(19)5-16(21)27-8-14(7-26-13(2)20)9-28-17(22)6-18(23)29-11-15(25-4)10-24-3/h14-15H,5-11H2,1-4H3. The number of hydrogen-bond donors (Lipinski definition) is 0. The minimum absolute atomic E-state index is 0.0857. The van der Waals surface area contributed by atoms with Gasteiger partial charge in [-0.1, -0.05) is 0 Å². The molecule has 0 fully saturated rings. The fraction of sp³-hybridized carbons (Fsp3) is 0.722. The van der Waals surface area contributed by atoms with Gasteiger partial charge < -0.3 is 28.4 Å². The first-order valence-electron chi connectivity index (χ1n) is 8.79. The molecule has 11 nitrogen and oxygen atoms in total. The molecule has 0 amide bonds. The maximum Gasteiger partial charge on any atom is 0.317 e. The highest BCUT2D eigenvalue weighted by atomic mass is 16.6. The van der Waals surface area contributed by atoms with E-state index in [4.69, 9.17) is 28.4 Å². The van der Waals surface area contributed by atoms with E-state index in [0.29, 0.717) is 0 Å². The summed E-state index contributed by atoms with van der Waals surface area (Å²) >= 11 is 0. The van der Waals surface area contributed by atoms with Crippen LogP contribution < -0.4 is 0 Å². The van der Waals surface area contributed by atoms with E-state index in [1.807, 2.05) is 0 Å². The Hall–Kier alpha value is -2.53. The lowest BCUT2D eigenvalue weighted by Crippen LogP contribution is -2.28. The van der Waals surface area contributed by atoms with Crippen molar-refractivity contribution in [2.45, 2.75) is 32.8 Å². The van der Waals surface area contributed by atoms with Crippen molar-refractivity contribution in [2.75, 3.05) is 47.3 Å². The van der Waals surface area contributed by atoms with Crippen molar-refractivity contribution >= 4 is 29.7 Å². The smallest absolute Gasteiger partial charge is 0.317 e. The Kier molecular flexibility index (Phi) is 14.1. The van der Waals surface area contributed by atoms with Crippen molar-refractivity contribution in [1.29, 1.82) is 0 Å². The van der Waals surface area contributed by atoms with Gasteiger partial charge in [-0.3, -0.25) is 24.0 Å². The summed E-state index contributed by atoms with van der Waals surface area (Å²) in [5, 5.41) is 0. The normalized spacial score (nSPS) is 12.4. The zero-order valence-corrected chi connectivity index (χ0v) is 17.1. The van der Waals surface area contributed by atoms with Crippen molar-refractivity contribution in [3.05, 3.63) is 0 Å². The predicted octanol–water partition coefficient (Wildman–Crippen LogP) is -0.174. The summed E-state index contributed by atoms with van der Waals surface area (Å²) in [4.78, 5) is 56.7. The Morgan fingerprint density at radius 2 is 1.14 bits per heavy atom. The van der Waals surface area contributed by atoms with Crippen LogP contribution in [-0.4, -0.2) is 83.0 Å². The van der Waals surface area contributed by atoms with E-state index in [1.165, 1.54) is 28.1 Å². The molecule has 2 unspecified atom stereocenters. The third kappa shape index (κ3) is 15.1. The number of methoxy groups -OCH3 is 2. The highest BCUT2D eigenvalue weighted by Crippen LogP contribution is 2.04. The van der Waals surface area contributed by atoms with Crippen LogP contribution in [-0.2, 0) is 52.4 Å². The number of carbonyl (C=O) groups is 5. The molecule has 0 saturated carbocycles. The van der Waals surface area contributed by atoms with E-state index in [1.54, 1.807) is 0 Å². The molecule has 0 radical (unpaired) electrons. The Morgan fingerprint density at radius 3 is 1.59 bits per heavy atom. The molecule has 0 aliphatic heterocycles. The summed E-state index contributed by atoms with van der Waals surface area (Å²) in [5.74, 6) is -4.00. The molecule has 0 heterocycles. The molecule has 0 spiro atoms. The topological polar surface area (TPSA) is 141 Å². The zero-order chi connectivity index (χ0) is 22.2. The molecule has 0 N–H and O–H groups in total. The Balaban J connectivity index is 4.40. The molecule has 0 bridgehead atoms. The molecule has 0 rings (SSSR count). The Morgan fingerprint density at radius 1 is 0.655 bits per heavy atom. The Bertz CT molecular complexity index is 558. The van der Waals surface area contributed by atoms with Gasteiger partial charge in [0.15, 0.2) is 0 Å². The van der Waals surface area contributed by atoms with Gasteiger partial charge in [0.25, 0.3) is 0 Å². The van der Waals surface area contributed by atoms with E-state index in [-0.39, 0.29) is 38.8 Å². The maximum atomic E-state index is 11.8. The number of hydrogen-bond acceptors (Lipinski definition) is 11. The minimum Gasteiger partial charge on any atom is -0.465 e. The van der Waals surface area contributed by atoms with Crippen LogP contribution in [0.15, 0.2) is 0 Å². The molecule has 29 heavy (non-hydrogen) atoms. The summed E-state index contributed by atoms with van der Waals surface area (Å²) in [6.07, 6.45) is -1.48. The summed E-state index contributed by atoms with van der Waals surface area (Å²) in [7, 11) is 2.90. The van der Waals surface area contributed by atoms with Gasteiger partial charge in [0.1, 0.15) is 51.2 Å². The van der Waals surface area contributed by atoms with Crippen molar-refractivity contribution in [2.24, 2.45) is 5.92 Å². The molecule has 0 aliphatic rings. The zero-order valence-electron chi connectivity index (χ0n) is 17.1. The molecular weight excluding hydrogens is 392 g/mol. The summed E-state index contributed by atoms with van der Waals surface area (Å²) in [6.45, 7) is 1.89. The Labute approximate surface area is 168 Å². The van der Waals surface area contributed by atoms with Gasteiger partial charge in [-0.25, -0.2) is 0 Å². The first-order chi connectivity index (χ1) is 13.7. The maximum absolute atomic E-state index is 11.8. The van der Waals surface area contributed by atoms with Crippen LogP contribution >= 0.6 is 0 Å². The second kappa shape index (κ2) is 15.4. The van der Waals surface area contributed by atoms with E-state index >= 15 is 0 Å². The average molecular weight is 420 g/mol. The van der Waals surface area contributed by atoms with Crippen LogP contribution in [0.2, 0.25) is 0 Å². The van der Waals surface area contributed by atoms with E-state index in [9.17, 15) is 24.0 Å². The van der Waals surface area contributed by atoms with E-state index < -0.39 is 48.7 Å². The van der Waals surface area contributed by atoms with Crippen LogP contribution in [0.4, 0.5) is 0 Å². The van der Waals surface area contributed by atoms with Gasteiger partial charge in [0.05, 0.1) is 12.5 Å². The summed E-state index contributed by atoms with van der Waals surface area (Å²) < 4.78 is 29.5. The van der Waals surface area contributed by atoms with Crippen molar-refractivity contribution < 1.29 is 52.4 Å². The molecule has 0 aliphatic carbocycles. The molecule has 166 valence electrons. The molecule has 0 aromatic heterocycles. The van der Waals surface area contributed by atoms with Crippen LogP contribution in [0, 0.1) is 5.92 Å². The van der Waals surface area contributed by atoms with Crippen LogP contribution in [0.1, 0.15) is 26.7 Å². The summed E-state index contributed by atoms with van der Waals surface area (Å²) in [5.41, 5.74) is 0. The minimum atomic E-state index is -0.862. The van der Waals surface area contributed by atoms with E-state index in [0.717, 1.165) is 0 Å². The highest BCUT2D eigenvalue weighted by Gasteiger charge is 2.20. The first-order valence-corrected chi connectivity index (χ1v) is 8.79. The number of carbonyl (C=O) groups excluding carboxylic acids is 5. The molecule has 0 aromatic rings. The largest absolute Gasteiger partial charge is 0.465 e. The number of rotatable bonds is 15. The lowest BCUT2D eigenvalue weighted by atomic mass is 10.2. The lowest BCUT2D eigenvalue weighted by molar-refractivity contribution is -0.158. The van der Waals surface area contributed by atoms with Crippen LogP contribution in [0.25, 0.3) is 0 Å². The first kappa shape index (κ1) is 26.5. The summed E-state index contributed by atoms with van der Waals surface area (Å²) in [6, 6.07) is 0. The average Bonchev–Trinajstić information content (AvgIpc) is 2.63. The van der Waals surface area contributed by atoms with Gasteiger partial charge in [0.2, 0.25) is 0 Å². The SMILES string of the molecule is COCC(COC(=O)CC(=O)OCC(COC(C)=O)COC(=O)CC(C)=O)OC. The predicted molar refractivity (Wildman–Crippen MR) is 95.6 cm³/mol. The third-order valence-corrected chi connectivity index (χ3v) is 3.28. The third-order valence-electron chi connectivity index (χ3n) is 3.28. The molecule has 2 atom stereocenters. The lowest BCUT2D eigenvalue weighted by Gasteiger charge is -2.17. The van der Waals surface area contributed by atoms with Crippen molar-refractivity contribution in [3.8, 4) is 0 Å². The molecular formula is C18H28O11. The number of ketones is 1. The van der Waals surface area contributed by atoms with Gasteiger partial charge in [-0.2, -0.15) is 0 Å². The molecule has 0 saturated heterocycles. The molecule has 11 heteroatoms. The second-order valence-corrected chi connectivity index (χ2v) is 6.09. The van der Waals surface area contributed by atoms with Crippen molar-refractivity contribution in [3.63, 3.8) is 0 Å². The van der Waals surface area contributed by atoms with Crippen molar-refractivity contribution in [1.82, 2.24) is 0 Å². The molecule has 0 aromatic carbocycles. The number of esters is 4. The van der Waals surface area contributed by atoms with E-state index in [2.05, 4.69) is 0 Å².